The third-order valence-corrected chi connectivity index (χ3v) is 3.55. The first-order valence-corrected chi connectivity index (χ1v) is 5.82. The van der Waals surface area contributed by atoms with Crippen molar-refractivity contribution in [3.05, 3.63) is 35.4 Å². The smallest absolute Gasteiger partial charge is 0.136 e. The van der Waals surface area contributed by atoms with Crippen LogP contribution in [-0.4, -0.2) is 5.78 Å². The van der Waals surface area contributed by atoms with Gasteiger partial charge in [0.25, 0.3) is 0 Å². The van der Waals surface area contributed by atoms with Gasteiger partial charge in [0.05, 0.1) is 0 Å². The van der Waals surface area contributed by atoms with Crippen molar-refractivity contribution in [2.75, 3.05) is 0 Å². The molecule has 1 aliphatic rings. The predicted molar refractivity (Wildman–Crippen MR) is 61.8 cm³/mol. The first-order chi connectivity index (χ1) is 7.22. The average Bonchev–Trinajstić information content (AvgIpc) is 2.27. The van der Waals surface area contributed by atoms with Gasteiger partial charge < -0.3 is 0 Å². The van der Waals surface area contributed by atoms with Crippen LogP contribution < -0.4 is 0 Å². The summed E-state index contributed by atoms with van der Waals surface area (Å²) in [4.78, 5) is 11.8. The Hall–Kier alpha value is -1.11. The molecule has 1 heteroatoms. The molecule has 0 radical (unpaired) electrons. The predicted octanol–water partition coefficient (Wildman–Crippen LogP) is 3.02. The molecule has 1 aromatic carbocycles. The van der Waals surface area contributed by atoms with Crippen molar-refractivity contribution in [3.8, 4) is 0 Å². The van der Waals surface area contributed by atoms with Gasteiger partial charge >= 0.3 is 0 Å². The third kappa shape index (κ3) is 1.97. The van der Waals surface area contributed by atoms with Crippen molar-refractivity contribution in [3.63, 3.8) is 0 Å². The quantitative estimate of drug-likeness (QED) is 0.720. The molecule has 0 fully saturated rings. The maximum absolute atomic E-state index is 11.8. The molecule has 2 atom stereocenters. The summed E-state index contributed by atoms with van der Waals surface area (Å²) in [5.41, 5.74) is 2.81. The fourth-order valence-corrected chi connectivity index (χ4v) is 2.58. The Kier molecular flexibility index (Phi) is 2.90. The summed E-state index contributed by atoms with van der Waals surface area (Å²) in [6, 6.07) is 8.52. The Balaban J connectivity index is 2.25. The number of fused-ring (bicyclic) bond motifs is 1. The Labute approximate surface area is 91.5 Å². The summed E-state index contributed by atoms with van der Waals surface area (Å²) in [6.45, 7) is 4.17. The number of hydrogen-bond acceptors (Lipinski definition) is 1. The Morgan fingerprint density at radius 2 is 1.87 bits per heavy atom. The summed E-state index contributed by atoms with van der Waals surface area (Å²) in [5.74, 6) is 1.19. The molecule has 0 saturated carbocycles. The zero-order chi connectivity index (χ0) is 10.8. The van der Waals surface area contributed by atoms with Crippen molar-refractivity contribution in [2.24, 2.45) is 11.8 Å². The van der Waals surface area contributed by atoms with Gasteiger partial charge in [0.15, 0.2) is 0 Å². The first kappa shape index (κ1) is 10.4. The van der Waals surface area contributed by atoms with E-state index in [9.17, 15) is 4.79 Å². The molecule has 0 aliphatic heterocycles. The van der Waals surface area contributed by atoms with Crippen LogP contribution >= 0.6 is 0 Å². The molecule has 0 heterocycles. The van der Waals surface area contributed by atoms with Gasteiger partial charge in [-0.3, -0.25) is 4.79 Å². The van der Waals surface area contributed by atoms with Crippen LogP contribution in [-0.2, 0) is 17.6 Å². The van der Waals surface area contributed by atoms with Crippen LogP contribution in [0.15, 0.2) is 24.3 Å². The standard InChI is InChI=1S/C14H18O/c1-3-14(15)13-9-12-7-5-4-6-11(12)8-10(13)2/h4-7,10,13H,3,8-9H2,1-2H3/t10-,13-/m0/s1. The summed E-state index contributed by atoms with van der Waals surface area (Å²) in [7, 11) is 0. The van der Waals surface area contributed by atoms with Crippen LogP contribution in [0.1, 0.15) is 31.4 Å². The van der Waals surface area contributed by atoms with E-state index in [1.807, 2.05) is 6.92 Å². The Morgan fingerprint density at radius 3 is 2.47 bits per heavy atom. The lowest BCUT2D eigenvalue weighted by molar-refractivity contribution is -0.124. The molecule has 80 valence electrons. The van der Waals surface area contributed by atoms with Crippen LogP contribution in [0.5, 0.6) is 0 Å². The number of ketones is 1. The molecule has 0 bridgehead atoms. The number of Topliss-reactive ketones (excluding diaryl/α,β-unsaturated/α-hetero) is 1. The minimum Gasteiger partial charge on any atom is -0.299 e. The lowest BCUT2D eigenvalue weighted by Gasteiger charge is -2.29. The van der Waals surface area contributed by atoms with E-state index in [1.165, 1.54) is 11.1 Å². The largest absolute Gasteiger partial charge is 0.299 e. The molecule has 0 amide bonds. The van der Waals surface area contributed by atoms with Crippen molar-refractivity contribution in [2.45, 2.75) is 33.1 Å². The molecular weight excluding hydrogens is 184 g/mol. The molecule has 0 unspecified atom stereocenters. The highest BCUT2D eigenvalue weighted by Crippen LogP contribution is 2.30. The average molecular weight is 202 g/mol. The Bertz CT molecular complexity index is 367. The van der Waals surface area contributed by atoms with Crippen LogP contribution in [0.25, 0.3) is 0 Å². The molecule has 0 N–H and O–H groups in total. The topological polar surface area (TPSA) is 17.1 Å². The molecule has 1 aromatic rings. The molecule has 0 spiro atoms. The second-order valence-electron chi connectivity index (χ2n) is 4.58. The van der Waals surface area contributed by atoms with Crippen LogP contribution in [0.4, 0.5) is 0 Å². The normalized spacial score (nSPS) is 24.7. The second kappa shape index (κ2) is 4.18. The molecule has 15 heavy (non-hydrogen) atoms. The molecule has 0 saturated heterocycles. The highest BCUT2D eigenvalue weighted by Gasteiger charge is 2.29. The summed E-state index contributed by atoms with van der Waals surface area (Å²) in [6.07, 6.45) is 2.69. The maximum atomic E-state index is 11.8. The van der Waals surface area contributed by atoms with Gasteiger partial charge in [0, 0.05) is 12.3 Å². The Morgan fingerprint density at radius 1 is 1.27 bits per heavy atom. The third-order valence-electron chi connectivity index (χ3n) is 3.55. The SMILES string of the molecule is CCC(=O)[C@H]1Cc2ccccc2C[C@@H]1C. The zero-order valence-corrected chi connectivity index (χ0v) is 9.49. The van der Waals surface area contributed by atoms with Gasteiger partial charge in [-0.15, -0.1) is 0 Å². The van der Waals surface area contributed by atoms with E-state index in [1.54, 1.807) is 0 Å². The number of carbonyl (C=O) groups is 1. The maximum Gasteiger partial charge on any atom is 0.136 e. The van der Waals surface area contributed by atoms with Gasteiger partial charge in [-0.25, -0.2) is 0 Å². The molecule has 1 aliphatic carbocycles. The minimum atomic E-state index is 0.255. The van der Waals surface area contributed by atoms with Gasteiger partial charge in [0.2, 0.25) is 0 Å². The van der Waals surface area contributed by atoms with Gasteiger partial charge in [0.1, 0.15) is 5.78 Å². The lowest BCUT2D eigenvalue weighted by atomic mass is 9.74. The molecule has 0 aromatic heterocycles. The molecule has 1 nitrogen and oxygen atoms in total. The highest BCUT2D eigenvalue weighted by atomic mass is 16.1. The van der Waals surface area contributed by atoms with E-state index in [0.29, 0.717) is 18.1 Å². The summed E-state index contributed by atoms with van der Waals surface area (Å²) < 4.78 is 0. The van der Waals surface area contributed by atoms with Crippen LogP contribution in [0, 0.1) is 11.8 Å². The first-order valence-electron chi connectivity index (χ1n) is 5.82. The zero-order valence-electron chi connectivity index (χ0n) is 9.49. The van der Waals surface area contributed by atoms with Gasteiger partial charge in [-0.2, -0.15) is 0 Å². The van der Waals surface area contributed by atoms with E-state index >= 15 is 0 Å². The second-order valence-corrected chi connectivity index (χ2v) is 4.58. The molecular formula is C14H18O. The van der Waals surface area contributed by atoms with Crippen molar-refractivity contribution >= 4 is 5.78 Å². The van der Waals surface area contributed by atoms with E-state index in [0.717, 1.165) is 12.8 Å². The minimum absolute atomic E-state index is 0.255. The summed E-state index contributed by atoms with van der Waals surface area (Å²) in [5, 5.41) is 0. The lowest BCUT2D eigenvalue weighted by Crippen LogP contribution is -2.29. The fraction of sp³-hybridized carbons (Fsp3) is 0.500. The molecule has 2 rings (SSSR count). The number of benzene rings is 1. The van der Waals surface area contributed by atoms with E-state index < -0.39 is 0 Å². The van der Waals surface area contributed by atoms with E-state index in [-0.39, 0.29) is 5.92 Å². The highest BCUT2D eigenvalue weighted by molar-refractivity contribution is 5.81. The fourth-order valence-electron chi connectivity index (χ4n) is 2.58. The summed E-state index contributed by atoms with van der Waals surface area (Å²) >= 11 is 0. The van der Waals surface area contributed by atoms with Crippen LogP contribution in [0.2, 0.25) is 0 Å². The van der Waals surface area contributed by atoms with Crippen molar-refractivity contribution < 1.29 is 4.79 Å². The van der Waals surface area contributed by atoms with E-state index in [4.69, 9.17) is 0 Å². The van der Waals surface area contributed by atoms with Gasteiger partial charge in [-0.1, -0.05) is 38.1 Å². The van der Waals surface area contributed by atoms with Gasteiger partial charge in [-0.05, 0) is 29.9 Å². The van der Waals surface area contributed by atoms with E-state index in [2.05, 4.69) is 31.2 Å². The number of rotatable bonds is 2. The van der Waals surface area contributed by atoms with Crippen molar-refractivity contribution in [1.82, 2.24) is 0 Å². The van der Waals surface area contributed by atoms with Crippen molar-refractivity contribution in [1.29, 1.82) is 0 Å². The van der Waals surface area contributed by atoms with Crippen LogP contribution in [0.3, 0.4) is 0 Å². The monoisotopic (exact) mass is 202 g/mol. The number of hydrogen-bond donors (Lipinski definition) is 0. The number of carbonyl (C=O) groups excluding carboxylic acids is 1.